The molecule has 0 amide bonds. The highest BCUT2D eigenvalue weighted by Gasteiger charge is 2.14. The number of thiophene rings is 1. The van der Waals surface area contributed by atoms with Crippen molar-refractivity contribution in [1.82, 2.24) is 10.3 Å². The number of hydrogen-bond acceptors (Lipinski definition) is 2. The molecule has 2 nitrogen and oxygen atoms in total. The molecule has 1 atom stereocenters. The van der Waals surface area contributed by atoms with Gasteiger partial charge in [-0.25, -0.2) is 0 Å². The Balaban J connectivity index is 1.82. The number of halogens is 1. The number of rotatable bonds is 5. The van der Waals surface area contributed by atoms with Crippen LogP contribution in [0.2, 0.25) is 5.02 Å². The summed E-state index contributed by atoms with van der Waals surface area (Å²) < 4.78 is 0. The topological polar surface area (TPSA) is 27.8 Å². The van der Waals surface area contributed by atoms with E-state index in [2.05, 4.69) is 46.0 Å². The number of aromatic nitrogens is 1. The maximum atomic E-state index is 5.98. The second kappa shape index (κ2) is 6.27. The van der Waals surface area contributed by atoms with E-state index in [4.69, 9.17) is 11.6 Å². The number of nitrogens with one attached hydrogen (secondary N) is 2. The van der Waals surface area contributed by atoms with Crippen molar-refractivity contribution in [2.75, 3.05) is 0 Å². The lowest BCUT2D eigenvalue weighted by atomic mass is 10.1. The molecule has 0 radical (unpaired) electrons. The first kappa shape index (κ1) is 13.4. The Labute approximate surface area is 127 Å². The molecule has 0 aliphatic heterocycles. The minimum atomic E-state index is 0.196. The molecule has 0 spiro atoms. The largest absolute Gasteiger partial charge is 0.367 e. The lowest BCUT2D eigenvalue weighted by Crippen LogP contribution is -2.20. The van der Waals surface area contributed by atoms with Crippen molar-refractivity contribution in [1.29, 1.82) is 0 Å². The summed E-state index contributed by atoms with van der Waals surface area (Å²) in [5.74, 6) is 0. The van der Waals surface area contributed by atoms with Crippen LogP contribution < -0.4 is 5.32 Å². The van der Waals surface area contributed by atoms with E-state index < -0.39 is 0 Å². The van der Waals surface area contributed by atoms with Gasteiger partial charge in [-0.3, -0.25) is 0 Å². The van der Waals surface area contributed by atoms with E-state index >= 15 is 0 Å². The highest BCUT2D eigenvalue weighted by atomic mass is 35.5. The van der Waals surface area contributed by atoms with Crippen molar-refractivity contribution in [3.05, 3.63) is 81.3 Å². The quantitative estimate of drug-likeness (QED) is 0.708. The maximum absolute atomic E-state index is 5.98. The van der Waals surface area contributed by atoms with E-state index in [1.807, 2.05) is 24.5 Å². The number of H-pyrrole nitrogens is 1. The zero-order valence-corrected chi connectivity index (χ0v) is 12.4. The molecule has 4 heteroatoms. The second-order valence-corrected chi connectivity index (χ2v) is 6.02. The van der Waals surface area contributed by atoms with Gasteiger partial charge in [-0.15, -0.1) is 11.3 Å². The molecule has 3 aromatic rings. The van der Waals surface area contributed by atoms with Gasteiger partial charge in [0.05, 0.1) is 6.04 Å². The van der Waals surface area contributed by atoms with E-state index in [0.29, 0.717) is 0 Å². The average molecular weight is 303 g/mol. The van der Waals surface area contributed by atoms with Crippen LogP contribution >= 0.6 is 22.9 Å². The van der Waals surface area contributed by atoms with Gasteiger partial charge in [-0.2, -0.15) is 0 Å². The Kier molecular flexibility index (Phi) is 4.21. The molecule has 1 aromatic carbocycles. The smallest absolute Gasteiger partial charge is 0.0673 e. The van der Waals surface area contributed by atoms with Crippen LogP contribution in [-0.4, -0.2) is 4.98 Å². The SMILES string of the molecule is Clc1ccc([C@@H](NCc2cc[nH]c2)c2cccs2)cc1. The summed E-state index contributed by atoms with van der Waals surface area (Å²) in [7, 11) is 0. The van der Waals surface area contributed by atoms with Gasteiger partial charge >= 0.3 is 0 Å². The molecular weight excluding hydrogens is 288 g/mol. The molecule has 0 saturated heterocycles. The first-order valence-corrected chi connectivity index (χ1v) is 7.72. The highest BCUT2D eigenvalue weighted by molar-refractivity contribution is 7.10. The van der Waals surface area contributed by atoms with Crippen LogP contribution in [0.1, 0.15) is 22.0 Å². The van der Waals surface area contributed by atoms with Gasteiger partial charge in [-0.1, -0.05) is 29.8 Å². The molecule has 0 aliphatic rings. The predicted molar refractivity (Wildman–Crippen MR) is 85.2 cm³/mol. The van der Waals surface area contributed by atoms with E-state index in [9.17, 15) is 0 Å². The molecule has 0 fully saturated rings. The van der Waals surface area contributed by atoms with E-state index in [1.165, 1.54) is 16.0 Å². The zero-order valence-electron chi connectivity index (χ0n) is 10.8. The minimum absolute atomic E-state index is 0.196. The summed E-state index contributed by atoms with van der Waals surface area (Å²) in [6.45, 7) is 0.828. The summed E-state index contributed by atoms with van der Waals surface area (Å²) in [6, 6.07) is 14.6. The molecular formula is C16H15ClN2S. The van der Waals surface area contributed by atoms with Crippen LogP contribution in [0.4, 0.5) is 0 Å². The molecule has 2 heterocycles. The first-order chi connectivity index (χ1) is 9.83. The highest BCUT2D eigenvalue weighted by Crippen LogP contribution is 2.27. The predicted octanol–water partition coefficient (Wildman–Crippen LogP) is 4.61. The fourth-order valence-electron chi connectivity index (χ4n) is 2.18. The monoisotopic (exact) mass is 302 g/mol. The molecule has 102 valence electrons. The molecule has 0 unspecified atom stereocenters. The average Bonchev–Trinajstić information content (AvgIpc) is 3.14. The standard InChI is InChI=1S/C16H15ClN2S/c17-14-5-3-13(4-6-14)16(15-2-1-9-20-15)19-11-12-7-8-18-10-12/h1-10,16,18-19H,11H2/t16-/m1/s1. The normalized spacial score (nSPS) is 12.4. The lowest BCUT2D eigenvalue weighted by Gasteiger charge is -2.18. The van der Waals surface area contributed by atoms with Crippen molar-refractivity contribution in [3.8, 4) is 0 Å². The van der Waals surface area contributed by atoms with Gasteiger partial charge in [-0.05, 0) is 40.8 Å². The fraction of sp³-hybridized carbons (Fsp3) is 0.125. The summed E-state index contributed by atoms with van der Waals surface area (Å²) in [4.78, 5) is 4.39. The Morgan fingerprint density at radius 1 is 1.15 bits per heavy atom. The molecule has 0 saturated carbocycles. The van der Waals surface area contributed by atoms with Crippen LogP contribution in [0.5, 0.6) is 0 Å². The maximum Gasteiger partial charge on any atom is 0.0673 e. The first-order valence-electron chi connectivity index (χ1n) is 6.47. The third kappa shape index (κ3) is 3.12. The number of benzene rings is 1. The number of hydrogen-bond donors (Lipinski definition) is 2. The van der Waals surface area contributed by atoms with Gasteiger partial charge in [0, 0.05) is 28.8 Å². The molecule has 20 heavy (non-hydrogen) atoms. The van der Waals surface area contributed by atoms with Gasteiger partial charge in [0.15, 0.2) is 0 Å². The van der Waals surface area contributed by atoms with Crippen LogP contribution in [0.25, 0.3) is 0 Å². The molecule has 2 aromatic heterocycles. The Bertz CT molecular complexity index is 630. The Morgan fingerprint density at radius 3 is 2.65 bits per heavy atom. The minimum Gasteiger partial charge on any atom is -0.367 e. The van der Waals surface area contributed by atoms with Crippen molar-refractivity contribution >= 4 is 22.9 Å². The Hall–Kier alpha value is -1.55. The molecule has 2 N–H and O–H groups in total. The van der Waals surface area contributed by atoms with E-state index in [-0.39, 0.29) is 6.04 Å². The van der Waals surface area contributed by atoms with Crippen molar-refractivity contribution in [3.63, 3.8) is 0 Å². The van der Waals surface area contributed by atoms with Gasteiger partial charge in [0.1, 0.15) is 0 Å². The third-order valence-corrected chi connectivity index (χ3v) is 4.39. The van der Waals surface area contributed by atoms with Gasteiger partial charge < -0.3 is 10.3 Å². The van der Waals surface area contributed by atoms with Crippen molar-refractivity contribution < 1.29 is 0 Å². The van der Waals surface area contributed by atoms with Crippen LogP contribution in [0.3, 0.4) is 0 Å². The molecule has 0 bridgehead atoms. The van der Waals surface area contributed by atoms with Crippen molar-refractivity contribution in [2.24, 2.45) is 0 Å². The molecule has 0 aliphatic carbocycles. The summed E-state index contributed by atoms with van der Waals surface area (Å²) in [5, 5.41) is 6.48. The van der Waals surface area contributed by atoms with Crippen LogP contribution in [0.15, 0.2) is 60.2 Å². The van der Waals surface area contributed by atoms with Crippen molar-refractivity contribution in [2.45, 2.75) is 12.6 Å². The van der Waals surface area contributed by atoms with Crippen LogP contribution in [-0.2, 0) is 6.54 Å². The molecule has 3 rings (SSSR count). The second-order valence-electron chi connectivity index (χ2n) is 4.60. The van der Waals surface area contributed by atoms with E-state index in [1.54, 1.807) is 11.3 Å². The summed E-state index contributed by atoms with van der Waals surface area (Å²) >= 11 is 7.74. The summed E-state index contributed by atoms with van der Waals surface area (Å²) in [6.07, 6.45) is 3.96. The zero-order chi connectivity index (χ0) is 13.8. The lowest BCUT2D eigenvalue weighted by molar-refractivity contribution is 0.613. The van der Waals surface area contributed by atoms with Crippen LogP contribution in [0, 0.1) is 0 Å². The van der Waals surface area contributed by atoms with Gasteiger partial charge in [0.25, 0.3) is 0 Å². The summed E-state index contributed by atoms with van der Waals surface area (Å²) in [5.41, 5.74) is 2.48. The third-order valence-electron chi connectivity index (χ3n) is 3.20. The Morgan fingerprint density at radius 2 is 2.00 bits per heavy atom. The fourth-order valence-corrected chi connectivity index (χ4v) is 3.13. The number of aromatic amines is 1. The van der Waals surface area contributed by atoms with Gasteiger partial charge in [0.2, 0.25) is 0 Å². The van der Waals surface area contributed by atoms with E-state index in [0.717, 1.165) is 11.6 Å².